The first-order valence-electron chi connectivity index (χ1n) is 11.3. The van der Waals surface area contributed by atoms with Crippen molar-refractivity contribution in [3.63, 3.8) is 0 Å². The number of nitrogens with one attached hydrogen (secondary N) is 1. The van der Waals surface area contributed by atoms with Crippen LogP contribution < -0.4 is 5.32 Å². The number of anilines is 1. The number of carbonyl (C=O) groups is 1. The lowest BCUT2D eigenvalue weighted by molar-refractivity contribution is 0.0996. The Bertz CT molecular complexity index is 1090. The fourth-order valence-corrected chi connectivity index (χ4v) is 6.41. The molecule has 1 aliphatic carbocycles. The van der Waals surface area contributed by atoms with E-state index in [2.05, 4.69) is 34.3 Å². The van der Waals surface area contributed by atoms with Crippen LogP contribution in [0.15, 0.2) is 47.1 Å². The van der Waals surface area contributed by atoms with Crippen LogP contribution in [0, 0.1) is 0 Å². The van der Waals surface area contributed by atoms with E-state index in [-0.39, 0.29) is 11.9 Å². The molecule has 0 bridgehead atoms. The maximum atomic E-state index is 12.9. The second kappa shape index (κ2) is 9.40. The minimum Gasteiger partial charge on any atom is -0.459 e. The van der Waals surface area contributed by atoms with Crippen molar-refractivity contribution in [2.24, 2.45) is 0 Å². The Hall–Kier alpha value is -2.12. The molecule has 5 nitrogen and oxygen atoms in total. The lowest BCUT2D eigenvalue weighted by Gasteiger charge is -2.39. The lowest BCUT2D eigenvalue weighted by Crippen LogP contribution is -2.46. The number of piperazine rings is 1. The molecular formula is C25H28ClN3O2S. The number of amides is 1. The van der Waals surface area contributed by atoms with Crippen LogP contribution in [0.4, 0.5) is 5.00 Å². The summed E-state index contributed by atoms with van der Waals surface area (Å²) in [5.41, 5.74) is 3.74. The van der Waals surface area contributed by atoms with Gasteiger partial charge in [0.1, 0.15) is 5.00 Å². The summed E-state index contributed by atoms with van der Waals surface area (Å²) in [5.74, 6) is 0.127. The lowest BCUT2D eigenvalue weighted by atomic mass is 9.88. The first-order valence-corrected chi connectivity index (χ1v) is 12.5. The molecule has 32 heavy (non-hydrogen) atoms. The fourth-order valence-electron chi connectivity index (χ4n) is 4.86. The van der Waals surface area contributed by atoms with E-state index in [1.807, 2.05) is 12.1 Å². The third-order valence-electron chi connectivity index (χ3n) is 6.56. The van der Waals surface area contributed by atoms with Gasteiger partial charge in [-0.15, -0.1) is 11.3 Å². The Morgan fingerprint density at radius 3 is 2.62 bits per heavy atom. The van der Waals surface area contributed by atoms with Crippen LogP contribution >= 0.6 is 22.9 Å². The van der Waals surface area contributed by atoms with Crippen molar-refractivity contribution in [3.05, 3.63) is 75.0 Å². The molecule has 1 atom stereocenters. The quantitative estimate of drug-likeness (QED) is 0.538. The summed E-state index contributed by atoms with van der Waals surface area (Å²) in [4.78, 5) is 19.2. The van der Waals surface area contributed by atoms with E-state index in [0.29, 0.717) is 5.76 Å². The molecule has 0 unspecified atom stereocenters. The minimum absolute atomic E-state index is 0.0161. The third kappa shape index (κ3) is 4.25. The topological polar surface area (TPSA) is 48.7 Å². The number of carbonyl (C=O) groups excluding carboxylic acids is 1. The monoisotopic (exact) mass is 469 g/mol. The summed E-state index contributed by atoms with van der Waals surface area (Å²) in [5, 5.41) is 4.90. The molecule has 1 amide bonds. The molecule has 168 valence electrons. The second-order valence-electron chi connectivity index (χ2n) is 8.65. The van der Waals surface area contributed by atoms with Gasteiger partial charge in [0, 0.05) is 41.6 Å². The van der Waals surface area contributed by atoms with Gasteiger partial charge in [0.2, 0.25) is 0 Å². The first kappa shape index (κ1) is 21.7. The number of halogens is 1. The van der Waals surface area contributed by atoms with Crippen molar-refractivity contribution < 1.29 is 9.21 Å². The number of nitrogens with zero attached hydrogens (tertiary/aromatic N) is 2. The number of fused-ring (bicyclic) bond motifs is 1. The summed E-state index contributed by atoms with van der Waals surface area (Å²) < 4.78 is 5.36. The highest BCUT2D eigenvalue weighted by atomic mass is 35.5. The van der Waals surface area contributed by atoms with Gasteiger partial charge in [-0.3, -0.25) is 9.69 Å². The fraction of sp³-hybridized carbons (Fsp3) is 0.400. The normalized spacial score (nSPS) is 18.3. The number of furan rings is 1. The SMILES string of the molecule is CN1CCN([C@H](c2ccccc2Cl)c2c(NC(=O)c3ccco3)sc3c2CCCC3)CC1. The average Bonchev–Trinajstić information content (AvgIpc) is 3.45. The molecule has 1 N–H and O–H groups in total. The van der Waals surface area contributed by atoms with Gasteiger partial charge in [-0.2, -0.15) is 0 Å². The Balaban J connectivity index is 1.62. The number of thiophene rings is 1. The van der Waals surface area contributed by atoms with E-state index in [9.17, 15) is 4.79 Å². The predicted octanol–water partition coefficient (Wildman–Crippen LogP) is 5.46. The number of hydrogen-bond donors (Lipinski definition) is 1. The number of likely N-dealkylation sites (N-methyl/N-ethyl adjacent to an activating group) is 1. The molecule has 0 saturated carbocycles. The van der Waals surface area contributed by atoms with Crippen LogP contribution in [0.3, 0.4) is 0 Å². The number of hydrogen-bond acceptors (Lipinski definition) is 5. The van der Waals surface area contributed by atoms with Crippen LogP contribution in [0.2, 0.25) is 5.02 Å². The van der Waals surface area contributed by atoms with E-state index < -0.39 is 0 Å². The van der Waals surface area contributed by atoms with E-state index >= 15 is 0 Å². The molecule has 0 radical (unpaired) electrons. The van der Waals surface area contributed by atoms with Crippen molar-refractivity contribution in [3.8, 4) is 0 Å². The van der Waals surface area contributed by atoms with Crippen molar-refractivity contribution in [1.82, 2.24) is 9.80 Å². The van der Waals surface area contributed by atoms with Gasteiger partial charge in [-0.1, -0.05) is 29.8 Å². The van der Waals surface area contributed by atoms with Gasteiger partial charge in [-0.05, 0) is 62.1 Å². The molecule has 3 heterocycles. The zero-order chi connectivity index (χ0) is 22.1. The van der Waals surface area contributed by atoms with Crippen molar-refractivity contribution in [1.29, 1.82) is 0 Å². The Morgan fingerprint density at radius 2 is 1.88 bits per heavy atom. The average molecular weight is 470 g/mol. The van der Waals surface area contributed by atoms with E-state index in [4.69, 9.17) is 16.0 Å². The minimum atomic E-state index is -0.203. The highest BCUT2D eigenvalue weighted by Gasteiger charge is 2.34. The van der Waals surface area contributed by atoms with Crippen molar-refractivity contribution in [2.75, 3.05) is 38.5 Å². The van der Waals surface area contributed by atoms with Crippen LogP contribution in [0.5, 0.6) is 0 Å². The van der Waals surface area contributed by atoms with Gasteiger partial charge in [-0.25, -0.2) is 0 Å². The first-order chi connectivity index (χ1) is 15.6. The highest BCUT2D eigenvalue weighted by molar-refractivity contribution is 7.16. The van der Waals surface area contributed by atoms with Crippen molar-refractivity contribution in [2.45, 2.75) is 31.7 Å². The molecule has 2 aromatic heterocycles. The molecule has 2 aliphatic rings. The molecule has 1 fully saturated rings. The molecule has 1 aromatic carbocycles. The summed E-state index contributed by atoms with van der Waals surface area (Å²) >= 11 is 8.50. The van der Waals surface area contributed by atoms with Crippen LogP contribution in [0.25, 0.3) is 0 Å². The van der Waals surface area contributed by atoms with Gasteiger partial charge in [0.25, 0.3) is 5.91 Å². The number of aryl methyl sites for hydroxylation is 1. The van der Waals surface area contributed by atoms with E-state index in [1.165, 1.54) is 35.1 Å². The Kier molecular flexibility index (Phi) is 6.37. The zero-order valence-corrected chi connectivity index (χ0v) is 19.8. The van der Waals surface area contributed by atoms with E-state index in [0.717, 1.165) is 54.6 Å². The summed E-state index contributed by atoms with van der Waals surface area (Å²) in [6.45, 7) is 3.95. The molecule has 7 heteroatoms. The Labute approximate surface area is 198 Å². The molecule has 5 rings (SSSR count). The predicted molar refractivity (Wildman–Crippen MR) is 130 cm³/mol. The number of rotatable bonds is 5. The maximum Gasteiger partial charge on any atom is 0.291 e. The van der Waals surface area contributed by atoms with Gasteiger partial charge in [0.05, 0.1) is 12.3 Å². The zero-order valence-electron chi connectivity index (χ0n) is 18.3. The summed E-state index contributed by atoms with van der Waals surface area (Å²) in [6.07, 6.45) is 6.03. The largest absolute Gasteiger partial charge is 0.459 e. The summed E-state index contributed by atoms with van der Waals surface area (Å²) in [7, 11) is 2.17. The second-order valence-corrected chi connectivity index (χ2v) is 10.2. The third-order valence-corrected chi connectivity index (χ3v) is 8.13. The van der Waals surface area contributed by atoms with Crippen LogP contribution in [-0.4, -0.2) is 48.9 Å². The standard InChI is InChI=1S/C25H28ClN3O2S/c1-28-12-14-29(15-13-28)23(17-7-2-4-9-19(17)26)22-18-8-3-5-11-21(18)32-25(22)27-24(30)20-10-6-16-31-20/h2,4,6-7,9-10,16,23H,3,5,8,11-15H2,1H3,(H,27,30)/t23-/m1/s1. The Morgan fingerprint density at radius 1 is 1.09 bits per heavy atom. The van der Waals surface area contributed by atoms with Gasteiger partial charge < -0.3 is 14.6 Å². The van der Waals surface area contributed by atoms with Gasteiger partial charge in [0.15, 0.2) is 5.76 Å². The maximum absolute atomic E-state index is 12.9. The molecule has 3 aromatic rings. The molecule has 0 spiro atoms. The number of benzene rings is 1. The molecular weight excluding hydrogens is 442 g/mol. The molecule has 1 aliphatic heterocycles. The van der Waals surface area contributed by atoms with Crippen LogP contribution in [-0.2, 0) is 12.8 Å². The van der Waals surface area contributed by atoms with Crippen LogP contribution in [0.1, 0.15) is 51.0 Å². The smallest absolute Gasteiger partial charge is 0.291 e. The van der Waals surface area contributed by atoms with E-state index in [1.54, 1.807) is 23.5 Å². The highest BCUT2D eigenvalue weighted by Crippen LogP contribution is 2.46. The van der Waals surface area contributed by atoms with Crippen molar-refractivity contribution >= 4 is 33.8 Å². The summed E-state index contributed by atoms with van der Waals surface area (Å²) in [6, 6.07) is 11.6. The molecule has 1 saturated heterocycles. The van der Waals surface area contributed by atoms with Gasteiger partial charge >= 0.3 is 0 Å².